The van der Waals surface area contributed by atoms with E-state index < -0.39 is 0 Å². The van der Waals surface area contributed by atoms with E-state index in [4.69, 9.17) is 0 Å². The molecule has 2 heterocycles. The average molecular weight is 284 g/mol. The molecule has 0 aliphatic carbocycles. The van der Waals surface area contributed by atoms with E-state index in [1.54, 1.807) is 0 Å². The monoisotopic (exact) mass is 284 g/mol. The Morgan fingerprint density at radius 2 is 2.26 bits per heavy atom. The molecule has 0 spiro atoms. The average Bonchev–Trinajstić information content (AvgIpc) is 2.89. The second-order valence-electron chi connectivity index (χ2n) is 5.70. The van der Waals surface area contributed by atoms with E-state index in [0.717, 1.165) is 49.9 Å². The Kier molecular flexibility index (Phi) is 4.62. The van der Waals surface area contributed by atoms with Crippen LogP contribution in [0, 0.1) is 5.41 Å². The lowest BCUT2D eigenvalue weighted by Crippen LogP contribution is -2.45. The van der Waals surface area contributed by atoms with Gasteiger partial charge in [0.05, 0.1) is 6.61 Å². The van der Waals surface area contributed by atoms with E-state index >= 15 is 0 Å². The Morgan fingerprint density at radius 3 is 2.84 bits per heavy atom. The van der Waals surface area contributed by atoms with Crippen LogP contribution in [0.1, 0.15) is 32.6 Å². The second-order valence-corrected chi connectivity index (χ2v) is 6.43. The van der Waals surface area contributed by atoms with E-state index in [-0.39, 0.29) is 12.0 Å². The molecular weight excluding hydrogens is 260 g/mol. The Hall–Kier alpha value is -0.880. The first-order valence-electron chi connectivity index (χ1n) is 6.97. The number of piperidine rings is 1. The minimum absolute atomic E-state index is 0.0525. The SMILES string of the molecule is CCCC1(CO)CCCN(c2nc(N(C)C)ns2)C1. The van der Waals surface area contributed by atoms with Gasteiger partial charge in [-0.15, -0.1) is 0 Å². The number of hydrogen-bond donors (Lipinski definition) is 1. The molecule has 6 heteroatoms. The van der Waals surface area contributed by atoms with Crippen molar-refractivity contribution < 1.29 is 5.11 Å². The Morgan fingerprint density at radius 1 is 1.47 bits per heavy atom. The minimum Gasteiger partial charge on any atom is -0.396 e. The van der Waals surface area contributed by atoms with Crippen LogP contribution < -0.4 is 9.80 Å². The summed E-state index contributed by atoms with van der Waals surface area (Å²) in [6.45, 7) is 4.38. The molecule has 0 amide bonds. The lowest BCUT2D eigenvalue weighted by atomic mass is 9.77. The first-order valence-corrected chi connectivity index (χ1v) is 7.74. The standard InChI is InChI=1S/C13H24N4OS/c1-4-6-13(10-18)7-5-8-17(9-13)12-14-11(15-19-12)16(2)3/h18H,4-10H2,1-3H3. The quantitative estimate of drug-likeness (QED) is 0.896. The van der Waals surface area contributed by atoms with Crippen LogP contribution in [0.2, 0.25) is 0 Å². The molecule has 1 aliphatic rings. The van der Waals surface area contributed by atoms with Gasteiger partial charge < -0.3 is 14.9 Å². The highest BCUT2D eigenvalue weighted by Gasteiger charge is 2.35. The highest BCUT2D eigenvalue weighted by molar-refractivity contribution is 7.09. The zero-order valence-corrected chi connectivity index (χ0v) is 12.9. The van der Waals surface area contributed by atoms with E-state index in [1.165, 1.54) is 11.5 Å². The highest BCUT2D eigenvalue weighted by atomic mass is 32.1. The lowest BCUT2D eigenvalue weighted by Gasteiger charge is -2.41. The van der Waals surface area contributed by atoms with Gasteiger partial charge in [0.25, 0.3) is 0 Å². The van der Waals surface area contributed by atoms with Crippen LogP contribution in [0.5, 0.6) is 0 Å². The minimum atomic E-state index is 0.0525. The highest BCUT2D eigenvalue weighted by Crippen LogP contribution is 2.36. The first-order chi connectivity index (χ1) is 9.10. The van der Waals surface area contributed by atoms with Crippen molar-refractivity contribution in [2.45, 2.75) is 32.6 Å². The maximum absolute atomic E-state index is 9.76. The topological polar surface area (TPSA) is 52.5 Å². The molecular formula is C13H24N4OS. The van der Waals surface area contributed by atoms with Gasteiger partial charge in [0.15, 0.2) is 0 Å². The summed E-state index contributed by atoms with van der Waals surface area (Å²) in [6.07, 6.45) is 4.44. The molecule has 108 valence electrons. The lowest BCUT2D eigenvalue weighted by molar-refractivity contribution is 0.0954. The summed E-state index contributed by atoms with van der Waals surface area (Å²) in [7, 11) is 3.91. The number of rotatable bonds is 5. The van der Waals surface area contributed by atoms with Crippen molar-refractivity contribution >= 4 is 22.6 Å². The molecule has 19 heavy (non-hydrogen) atoms. The fourth-order valence-electron chi connectivity index (χ4n) is 2.83. The van der Waals surface area contributed by atoms with Crippen LogP contribution in [-0.4, -0.2) is 48.3 Å². The molecule has 5 nitrogen and oxygen atoms in total. The van der Waals surface area contributed by atoms with Crippen molar-refractivity contribution in [1.82, 2.24) is 9.36 Å². The predicted molar refractivity (Wildman–Crippen MR) is 80.1 cm³/mol. The second kappa shape index (κ2) is 6.05. The van der Waals surface area contributed by atoms with Crippen molar-refractivity contribution in [2.75, 3.05) is 43.6 Å². The van der Waals surface area contributed by atoms with Crippen LogP contribution in [0.25, 0.3) is 0 Å². The van der Waals surface area contributed by atoms with Gasteiger partial charge in [0, 0.05) is 44.1 Å². The molecule has 0 aromatic carbocycles. The van der Waals surface area contributed by atoms with E-state index in [9.17, 15) is 5.11 Å². The van der Waals surface area contributed by atoms with Gasteiger partial charge >= 0.3 is 0 Å². The third kappa shape index (κ3) is 3.17. The van der Waals surface area contributed by atoms with Gasteiger partial charge in [0.1, 0.15) is 0 Å². The molecule has 1 N–H and O–H groups in total. The summed E-state index contributed by atoms with van der Waals surface area (Å²) >= 11 is 1.46. The van der Waals surface area contributed by atoms with Crippen LogP contribution in [0.15, 0.2) is 0 Å². The van der Waals surface area contributed by atoms with Crippen molar-refractivity contribution in [3.8, 4) is 0 Å². The molecule has 1 aromatic heterocycles. The number of anilines is 2. The molecule has 1 aliphatic heterocycles. The van der Waals surface area contributed by atoms with Gasteiger partial charge in [-0.3, -0.25) is 0 Å². The smallest absolute Gasteiger partial charge is 0.238 e. The predicted octanol–water partition coefficient (Wildman–Crippen LogP) is 1.98. The summed E-state index contributed by atoms with van der Waals surface area (Å²) in [5, 5.41) is 10.7. The first kappa shape index (κ1) is 14.5. The Balaban J connectivity index is 2.11. The summed E-state index contributed by atoms with van der Waals surface area (Å²) in [6, 6.07) is 0. The van der Waals surface area contributed by atoms with E-state index in [1.807, 2.05) is 19.0 Å². The molecule has 1 aromatic rings. The van der Waals surface area contributed by atoms with E-state index in [0.29, 0.717) is 0 Å². The molecule has 1 saturated heterocycles. The third-order valence-electron chi connectivity index (χ3n) is 3.85. The maximum atomic E-state index is 9.76. The molecule has 1 fully saturated rings. The molecule has 0 radical (unpaired) electrons. The van der Waals surface area contributed by atoms with Crippen molar-refractivity contribution in [3.63, 3.8) is 0 Å². The van der Waals surface area contributed by atoms with Gasteiger partial charge in [-0.25, -0.2) is 0 Å². The molecule has 1 unspecified atom stereocenters. The van der Waals surface area contributed by atoms with Crippen molar-refractivity contribution in [2.24, 2.45) is 5.41 Å². The third-order valence-corrected chi connectivity index (χ3v) is 4.62. The normalized spacial score (nSPS) is 23.7. The Bertz CT molecular complexity index is 405. The fraction of sp³-hybridized carbons (Fsp3) is 0.846. The molecule has 0 bridgehead atoms. The van der Waals surface area contributed by atoms with Crippen LogP contribution in [0.3, 0.4) is 0 Å². The Labute approximate surface area is 119 Å². The molecule has 1 atom stereocenters. The zero-order valence-electron chi connectivity index (χ0n) is 12.1. The van der Waals surface area contributed by atoms with Crippen LogP contribution in [-0.2, 0) is 0 Å². The van der Waals surface area contributed by atoms with Crippen LogP contribution in [0.4, 0.5) is 11.1 Å². The van der Waals surface area contributed by atoms with Crippen molar-refractivity contribution in [3.05, 3.63) is 0 Å². The largest absolute Gasteiger partial charge is 0.396 e. The van der Waals surface area contributed by atoms with Gasteiger partial charge in [-0.2, -0.15) is 9.36 Å². The summed E-state index contributed by atoms with van der Waals surface area (Å²) in [5.41, 5.74) is 0.0525. The van der Waals surface area contributed by atoms with Gasteiger partial charge in [-0.05, 0) is 19.3 Å². The number of hydrogen-bond acceptors (Lipinski definition) is 6. The van der Waals surface area contributed by atoms with Gasteiger partial charge in [0.2, 0.25) is 11.1 Å². The number of aliphatic hydroxyl groups excluding tert-OH is 1. The van der Waals surface area contributed by atoms with Crippen LogP contribution >= 0.6 is 11.5 Å². The van der Waals surface area contributed by atoms with Crippen molar-refractivity contribution in [1.29, 1.82) is 0 Å². The molecule has 0 saturated carbocycles. The number of aromatic nitrogens is 2. The zero-order chi connectivity index (χ0) is 13.9. The maximum Gasteiger partial charge on any atom is 0.238 e. The van der Waals surface area contributed by atoms with E-state index in [2.05, 4.69) is 21.2 Å². The van der Waals surface area contributed by atoms with Gasteiger partial charge in [-0.1, -0.05) is 13.3 Å². The molecule has 2 rings (SSSR count). The number of aliphatic hydroxyl groups is 1. The summed E-state index contributed by atoms with van der Waals surface area (Å²) < 4.78 is 4.36. The summed E-state index contributed by atoms with van der Waals surface area (Å²) in [4.78, 5) is 8.79. The fourth-order valence-corrected chi connectivity index (χ4v) is 3.59. The number of nitrogens with zero attached hydrogens (tertiary/aromatic N) is 4. The summed E-state index contributed by atoms with van der Waals surface area (Å²) in [5.74, 6) is 0.774.